The molecule has 0 aliphatic carbocycles. The van der Waals surface area contributed by atoms with Crippen molar-refractivity contribution < 1.29 is 18.7 Å². The van der Waals surface area contributed by atoms with Gasteiger partial charge in [-0.05, 0) is 42.8 Å². The Morgan fingerprint density at radius 1 is 1.24 bits per heavy atom. The van der Waals surface area contributed by atoms with Crippen LogP contribution < -0.4 is 0 Å². The predicted molar refractivity (Wildman–Crippen MR) is 95.9 cm³/mol. The van der Waals surface area contributed by atoms with Crippen LogP contribution in [0.25, 0.3) is 6.08 Å². The molecule has 25 heavy (non-hydrogen) atoms. The molecule has 0 aliphatic rings. The molecular weight excluding hydrogens is 342 g/mol. The fourth-order valence-corrected chi connectivity index (χ4v) is 2.29. The number of hydrogen-bond donors (Lipinski definition) is 0. The second kappa shape index (κ2) is 9.69. The zero-order valence-corrected chi connectivity index (χ0v) is 14.7. The highest BCUT2D eigenvalue weighted by atomic mass is 35.5. The summed E-state index contributed by atoms with van der Waals surface area (Å²) in [4.78, 5) is 25.6. The lowest BCUT2D eigenvalue weighted by molar-refractivity contribution is -0.143. The third-order valence-electron chi connectivity index (χ3n) is 3.42. The Kier molecular flexibility index (Phi) is 7.29. The van der Waals surface area contributed by atoms with E-state index < -0.39 is 0 Å². The zero-order chi connectivity index (χ0) is 18.1. The molecule has 0 N–H and O–H groups in total. The van der Waals surface area contributed by atoms with Crippen LogP contribution in [0.2, 0.25) is 5.02 Å². The molecule has 0 fully saturated rings. The molecule has 1 aromatic heterocycles. The number of benzene rings is 1. The molecule has 5 nitrogen and oxygen atoms in total. The number of carbonyl (C=O) groups is 2. The minimum Gasteiger partial charge on any atom is -0.467 e. The Bertz CT molecular complexity index is 708. The number of esters is 1. The van der Waals surface area contributed by atoms with Gasteiger partial charge in [0.05, 0.1) is 25.8 Å². The van der Waals surface area contributed by atoms with Gasteiger partial charge in [-0.2, -0.15) is 0 Å². The second-order valence-electron chi connectivity index (χ2n) is 5.28. The number of ether oxygens (including phenoxy) is 1. The van der Waals surface area contributed by atoms with E-state index in [2.05, 4.69) is 0 Å². The van der Waals surface area contributed by atoms with E-state index in [1.165, 1.54) is 6.08 Å². The van der Waals surface area contributed by atoms with Crippen LogP contribution in [0.1, 0.15) is 24.7 Å². The SMILES string of the molecule is CCOC(=O)CCN(Cc1ccco1)C(=O)/C=C/c1ccc(Cl)cc1. The first-order valence-corrected chi connectivity index (χ1v) is 8.37. The van der Waals surface area contributed by atoms with Gasteiger partial charge in [0.1, 0.15) is 5.76 Å². The van der Waals surface area contributed by atoms with Crippen LogP contribution in [0.4, 0.5) is 0 Å². The Morgan fingerprint density at radius 2 is 2.00 bits per heavy atom. The predicted octanol–water partition coefficient (Wildman–Crippen LogP) is 3.93. The molecule has 0 bridgehead atoms. The summed E-state index contributed by atoms with van der Waals surface area (Å²) in [5.74, 6) is 0.106. The Labute approximate surface area is 151 Å². The van der Waals surface area contributed by atoms with Gasteiger partial charge in [-0.15, -0.1) is 0 Å². The lowest BCUT2D eigenvalue weighted by Crippen LogP contribution is -2.31. The Balaban J connectivity index is 2.02. The summed E-state index contributed by atoms with van der Waals surface area (Å²) in [5.41, 5.74) is 0.862. The Hall–Kier alpha value is -2.53. The monoisotopic (exact) mass is 361 g/mol. The number of amides is 1. The summed E-state index contributed by atoms with van der Waals surface area (Å²) >= 11 is 5.85. The van der Waals surface area contributed by atoms with Crippen LogP contribution in [0, 0.1) is 0 Å². The van der Waals surface area contributed by atoms with Crippen molar-refractivity contribution in [2.75, 3.05) is 13.2 Å². The summed E-state index contributed by atoms with van der Waals surface area (Å²) in [6.07, 6.45) is 4.86. The van der Waals surface area contributed by atoms with Crippen molar-refractivity contribution in [1.29, 1.82) is 0 Å². The summed E-state index contributed by atoms with van der Waals surface area (Å²) in [7, 11) is 0. The van der Waals surface area contributed by atoms with Gasteiger partial charge >= 0.3 is 5.97 Å². The van der Waals surface area contributed by atoms with E-state index in [1.54, 1.807) is 48.4 Å². The van der Waals surface area contributed by atoms with Crippen molar-refractivity contribution in [2.45, 2.75) is 19.9 Å². The maximum Gasteiger partial charge on any atom is 0.307 e. The van der Waals surface area contributed by atoms with Gasteiger partial charge in [0, 0.05) is 17.6 Å². The summed E-state index contributed by atoms with van der Waals surface area (Å²) < 4.78 is 10.2. The van der Waals surface area contributed by atoms with Gasteiger partial charge in [0.2, 0.25) is 5.91 Å². The molecule has 1 heterocycles. The van der Waals surface area contributed by atoms with Crippen molar-refractivity contribution >= 4 is 29.6 Å². The fraction of sp³-hybridized carbons (Fsp3) is 0.263. The van der Waals surface area contributed by atoms with Gasteiger partial charge in [0.15, 0.2) is 0 Å². The molecular formula is C19H20ClNO4. The number of hydrogen-bond acceptors (Lipinski definition) is 4. The largest absolute Gasteiger partial charge is 0.467 e. The summed E-state index contributed by atoms with van der Waals surface area (Å²) in [6.45, 7) is 2.61. The first-order chi connectivity index (χ1) is 12.1. The van der Waals surface area contributed by atoms with Gasteiger partial charge < -0.3 is 14.1 Å². The van der Waals surface area contributed by atoms with E-state index in [1.807, 2.05) is 12.1 Å². The summed E-state index contributed by atoms with van der Waals surface area (Å²) in [5, 5.41) is 0.636. The minimum absolute atomic E-state index is 0.134. The molecule has 0 saturated heterocycles. The number of halogens is 1. The van der Waals surface area contributed by atoms with Crippen LogP contribution in [0.5, 0.6) is 0 Å². The average molecular weight is 362 g/mol. The topological polar surface area (TPSA) is 59.8 Å². The van der Waals surface area contributed by atoms with Crippen molar-refractivity contribution in [3.8, 4) is 0 Å². The molecule has 6 heteroatoms. The number of rotatable bonds is 8. The van der Waals surface area contributed by atoms with Crippen molar-refractivity contribution in [1.82, 2.24) is 4.90 Å². The molecule has 1 amide bonds. The molecule has 0 spiro atoms. The third kappa shape index (κ3) is 6.47. The molecule has 2 aromatic rings. The fourth-order valence-electron chi connectivity index (χ4n) is 2.16. The highest BCUT2D eigenvalue weighted by molar-refractivity contribution is 6.30. The maximum atomic E-state index is 12.5. The molecule has 0 radical (unpaired) electrons. The summed E-state index contributed by atoms with van der Waals surface area (Å²) in [6, 6.07) is 10.7. The van der Waals surface area contributed by atoms with E-state index in [9.17, 15) is 9.59 Å². The lowest BCUT2D eigenvalue weighted by atomic mass is 10.2. The van der Waals surface area contributed by atoms with E-state index in [0.717, 1.165) is 5.56 Å². The van der Waals surface area contributed by atoms with Crippen molar-refractivity contribution in [3.05, 3.63) is 65.1 Å². The van der Waals surface area contributed by atoms with Crippen molar-refractivity contribution in [3.63, 3.8) is 0 Å². The molecule has 0 atom stereocenters. The van der Waals surface area contributed by atoms with E-state index in [0.29, 0.717) is 17.4 Å². The lowest BCUT2D eigenvalue weighted by Gasteiger charge is -2.19. The van der Waals surface area contributed by atoms with E-state index in [-0.39, 0.29) is 31.4 Å². The smallest absolute Gasteiger partial charge is 0.307 e. The number of furan rings is 1. The minimum atomic E-state index is -0.332. The molecule has 2 rings (SSSR count). The highest BCUT2D eigenvalue weighted by Crippen LogP contribution is 2.12. The van der Waals surface area contributed by atoms with Crippen molar-refractivity contribution in [2.24, 2.45) is 0 Å². The van der Waals surface area contributed by atoms with Crippen LogP contribution in [0.3, 0.4) is 0 Å². The molecule has 0 saturated carbocycles. The second-order valence-corrected chi connectivity index (χ2v) is 5.72. The first-order valence-electron chi connectivity index (χ1n) is 7.99. The zero-order valence-electron chi connectivity index (χ0n) is 14.0. The van der Waals surface area contributed by atoms with E-state index in [4.69, 9.17) is 20.8 Å². The number of carbonyl (C=O) groups excluding carboxylic acids is 2. The standard InChI is InChI=1S/C19H20ClNO4/c1-2-24-19(23)11-12-21(14-17-4-3-13-25-17)18(22)10-7-15-5-8-16(20)9-6-15/h3-10,13H,2,11-12,14H2,1H3/b10-7+. The normalized spacial score (nSPS) is 10.8. The third-order valence-corrected chi connectivity index (χ3v) is 3.67. The quantitative estimate of drug-likeness (QED) is 0.528. The molecule has 0 aliphatic heterocycles. The maximum absolute atomic E-state index is 12.5. The van der Waals surface area contributed by atoms with Crippen LogP contribution >= 0.6 is 11.6 Å². The van der Waals surface area contributed by atoms with Gasteiger partial charge in [0.25, 0.3) is 0 Å². The van der Waals surface area contributed by atoms with Gasteiger partial charge in [-0.1, -0.05) is 23.7 Å². The van der Waals surface area contributed by atoms with Gasteiger partial charge in [-0.3, -0.25) is 9.59 Å². The van der Waals surface area contributed by atoms with Crippen LogP contribution in [0.15, 0.2) is 53.2 Å². The molecule has 132 valence electrons. The molecule has 1 aromatic carbocycles. The van der Waals surface area contributed by atoms with Crippen LogP contribution in [-0.2, 0) is 20.9 Å². The molecule has 0 unspecified atom stereocenters. The van der Waals surface area contributed by atoms with Crippen LogP contribution in [-0.4, -0.2) is 29.9 Å². The highest BCUT2D eigenvalue weighted by Gasteiger charge is 2.15. The average Bonchev–Trinajstić information content (AvgIpc) is 3.11. The first kappa shape index (κ1) is 18.8. The van der Waals surface area contributed by atoms with E-state index >= 15 is 0 Å². The Morgan fingerprint density at radius 3 is 2.64 bits per heavy atom. The van der Waals surface area contributed by atoms with Gasteiger partial charge in [-0.25, -0.2) is 0 Å². The number of nitrogens with zero attached hydrogens (tertiary/aromatic N) is 1.